The Bertz CT molecular complexity index is 1360. The van der Waals surface area contributed by atoms with Crippen molar-refractivity contribution in [1.82, 2.24) is 4.90 Å². The van der Waals surface area contributed by atoms with Gasteiger partial charge in [0.2, 0.25) is 0 Å². The molecule has 38 heavy (non-hydrogen) atoms. The van der Waals surface area contributed by atoms with Crippen LogP contribution in [0.4, 0.5) is 18.0 Å². The van der Waals surface area contributed by atoms with Crippen LogP contribution < -0.4 is 0 Å². The van der Waals surface area contributed by atoms with Crippen molar-refractivity contribution >= 4 is 52.3 Å². The lowest BCUT2D eigenvalue weighted by molar-refractivity contribution is -0.0949. The summed E-state index contributed by atoms with van der Waals surface area (Å²) in [6.07, 6.45) is -5.01. The van der Waals surface area contributed by atoms with Gasteiger partial charge in [0, 0.05) is 5.56 Å². The van der Waals surface area contributed by atoms with E-state index < -0.39 is 34.8 Å². The summed E-state index contributed by atoms with van der Waals surface area (Å²) in [5.41, 5.74) is -1.85. The molecular weight excluding hydrogens is 566 g/mol. The molecular formula is C27H19Cl3F3NO4. The maximum atomic E-state index is 13.8. The van der Waals surface area contributed by atoms with Gasteiger partial charge in [0.1, 0.15) is 12.2 Å². The van der Waals surface area contributed by atoms with Crippen LogP contribution >= 0.6 is 34.8 Å². The molecule has 0 bridgehead atoms. The Morgan fingerprint density at radius 3 is 2.08 bits per heavy atom. The number of hydrogen-bond donors (Lipinski definition) is 1. The number of carbonyl (C=O) groups excluding carboxylic acids is 2. The van der Waals surface area contributed by atoms with Gasteiger partial charge in [-0.25, -0.2) is 4.79 Å². The zero-order valence-electron chi connectivity index (χ0n) is 19.4. The topological polar surface area (TPSA) is 66.8 Å². The second-order valence-electron chi connectivity index (χ2n) is 8.68. The van der Waals surface area contributed by atoms with E-state index in [0.717, 1.165) is 17.7 Å². The number of rotatable bonds is 6. The molecule has 1 amide bonds. The van der Waals surface area contributed by atoms with Gasteiger partial charge in [-0.3, -0.25) is 4.79 Å². The van der Waals surface area contributed by atoms with Gasteiger partial charge >= 0.3 is 12.3 Å². The van der Waals surface area contributed by atoms with Crippen LogP contribution in [0.2, 0.25) is 15.1 Å². The number of amides is 1. The first-order chi connectivity index (χ1) is 17.9. The fourth-order valence-corrected chi connectivity index (χ4v) is 4.50. The molecule has 5 nitrogen and oxygen atoms in total. The minimum atomic E-state index is -4.88. The lowest BCUT2D eigenvalue weighted by Gasteiger charge is -2.45. The van der Waals surface area contributed by atoms with Gasteiger partial charge in [-0.2, -0.15) is 13.2 Å². The summed E-state index contributed by atoms with van der Waals surface area (Å²) in [5.74, 6) is -0.919. The van der Waals surface area contributed by atoms with Crippen LogP contribution in [-0.4, -0.2) is 41.1 Å². The Labute approximate surface area is 231 Å². The van der Waals surface area contributed by atoms with Gasteiger partial charge in [0.25, 0.3) is 0 Å². The highest BCUT2D eigenvalue weighted by molar-refractivity contribution is 6.48. The highest BCUT2D eigenvalue weighted by Crippen LogP contribution is 2.40. The lowest BCUT2D eigenvalue weighted by atomic mass is 9.86. The average Bonchev–Trinajstić information content (AvgIpc) is 2.86. The number of allylic oxidation sites excluding steroid dienone is 2. The van der Waals surface area contributed by atoms with Crippen molar-refractivity contribution in [2.24, 2.45) is 0 Å². The van der Waals surface area contributed by atoms with Crippen LogP contribution in [0.15, 0.2) is 72.8 Å². The van der Waals surface area contributed by atoms with E-state index in [9.17, 15) is 27.9 Å². The fraction of sp³-hybridized carbons (Fsp3) is 0.185. The van der Waals surface area contributed by atoms with Gasteiger partial charge < -0.3 is 14.7 Å². The van der Waals surface area contributed by atoms with Crippen LogP contribution in [0.25, 0.3) is 5.57 Å². The molecule has 0 spiro atoms. The van der Waals surface area contributed by atoms with Gasteiger partial charge in [0.15, 0.2) is 5.78 Å². The molecule has 1 fully saturated rings. The number of aliphatic hydroxyl groups is 1. The van der Waals surface area contributed by atoms with Crippen LogP contribution in [0.5, 0.6) is 0 Å². The molecule has 198 valence electrons. The summed E-state index contributed by atoms with van der Waals surface area (Å²) in [6.45, 7) is 0.0154. The molecule has 11 heteroatoms. The standard InChI is InChI=1S/C27H19Cl3F3NO4/c28-21-10-18(11-22(29)24(21)30)20(27(31,32)33)12-23(35)17-6-8-19(9-7-17)26(37)14-34(15-26)25(36)38-13-16-4-2-1-3-5-16/h1-12,37H,13-15H2/b20-12-. The number of β-amino-alcohol motifs (C(OH)–C–C–N with tert-alkyl or cyclic N) is 1. The molecule has 0 unspecified atom stereocenters. The van der Waals surface area contributed by atoms with Crippen LogP contribution in [-0.2, 0) is 16.9 Å². The van der Waals surface area contributed by atoms with Gasteiger partial charge in [-0.05, 0) is 34.9 Å². The number of alkyl halides is 3. The largest absolute Gasteiger partial charge is 0.445 e. The Morgan fingerprint density at radius 1 is 0.947 bits per heavy atom. The highest BCUT2D eigenvalue weighted by Gasteiger charge is 2.45. The van der Waals surface area contributed by atoms with Gasteiger partial charge in [-0.15, -0.1) is 0 Å². The summed E-state index contributed by atoms with van der Waals surface area (Å²) in [7, 11) is 0. The van der Waals surface area contributed by atoms with Crippen molar-refractivity contribution in [2.75, 3.05) is 13.1 Å². The second kappa shape index (κ2) is 11.0. The monoisotopic (exact) mass is 583 g/mol. The number of ether oxygens (including phenoxy) is 1. The van der Waals surface area contributed by atoms with E-state index >= 15 is 0 Å². The van der Waals surface area contributed by atoms with Crippen molar-refractivity contribution in [2.45, 2.75) is 18.4 Å². The molecule has 1 N–H and O–H groups in total. The van der Waals surface area contributed by atoms with Crippen molar-refractivity contribution in [1.29, 1.82) is 0 Å². The molecule has 4 rings (SSSR count). The number of halogens is 6. The molecule has 1 aliphatic rings. The predicted molar refractivity (Wildman–Crippen MR) is 138 cm³/mol. The normalized spacial score (nSPS) is 15.1. The molecule has 0 aliphatic carbocycles. The van der Waals surface area contributed by atoms with Crippen molar-refractivity contribution in [3.8, 4) is 0 Å². The first kappa shape index (κ1) is 28.0. The third kappa shape index (κ3) is 6.15. The summed E-state index contributed by atoms with van der Waals surface area (Å²) in [6, 6.07) is 16.5. The number of ketones is 1. The van der Waals surface area contributed by atoms with Gasteiger partial charge in [-0.1, -0.05) is 89.4 Å². The van der Waals surface area contributed by atoms with Crippen LogP contribution in [0.1, 0.15) is 27.0 Å². The van der Waals surface area contributed by atoms with Crippen LogP contribution in [0, 0.1) is 0 Å². The average molecular weight is 585 g/mol. The molecule has 0 saturated carbocycles. The minimum absolute atomic E-state index is 0.0376. The molecule has 1 aliphatic heterocycles. The summed E-state index contributed by atoms with van der Waals surface area (Å²) in [5, 5.41) is 10.4. The maximum Gasteiger partial charge on any atom is 0.417 e. The summed E-state index contributed by atoms with van der Waals surface area (Å²) >= 11 is 17.6. The van der Waals surface area contributed by atoms with E-state index in [-0.39, 0.29) is 40.3 Å². The number of hydrogen-bond acceptors (Lipinski definition) is 4. The smallest absolute Gasteiger partial charge is 0.417 e. The van der Waals surface area contributed by atoms with Crippen molar-refractivity contribution in [3.05, 3.63) is 110 Å². The molecule has 3 aromatic carbocycles. The summed E-state index contributed by atoms with van der Waals surface area (Å²) < 4.78 is 46.5. The minimum Gasteiger partial charge on any atom is -0.445 e. The molecule has 0 atom stereocenters. The zero-order valence-corrected chi connectivity index (χ0v) is 21.7. The fourth-order valence-electron chi connectivity index (χ4n) is 3.91. The molecule has 1 saturated heterocycles. The third-order valence-electron chi connectivity index (χ3n) is 5.95. The molecule has 1 heterocycles. The first-order valence-electron chi connectivity index (χ1n) is 11.1. The molecule has 0 aromatic heterocycles. The molecule has 3 aromatic rings. The quantitative estimate of drug-likeness (QED) is 0.187. The first-order valence-corrected chi connectivity index (χ1v) is 12.3. The van der Waals surface area contributed by atoms with Crippen LogP contribution in [0.3, 0.4) is 0 Å². The number of benzene rings is 3. The number of carbonyl (C=O) groups is 2. The van der Waals surface area contributed by atoms with Crippen molar-refractivity contribution in [3.63, 3.8) is 0 Å². The zero-order chi connectivity index (χ0) is 27.7. The Morgan fingerprint density at radius 2 is 1.53 bits per heavy atom. The van der Waals surface area contributed by atoms with E-state index in [4.69, 9.17) is 39.5 Å². The Balaban J connectivity index is 1.44. The predicted octanol–water partition coefficient (Wildman–Crippen LogP) is 7.32. The molecule has 0 radical (unpaired) electrons. The third-order valence-corrected chi connectivity index (χ3v) is 7.15. The number of likely N-dealkylation sites (tertiary alicyclic amines) is 1. The highest BCUT2D eigenvalue weighted by atomic mass is 35.5. The van der Waals surface area contributed by atoms with Crippen molar-refractivity contribution < 1.29 is 32.6 Å². The maximum absolute atomic E-state index is 13.8. The van der Waals surface area contributed by atoms with E-state index in [1.54, 1.807) is 0 Å². The van der Waals surface area contributed by atoms with E-state index in [1.165, 1.54) is 29.2 Å². The van der Waals surface area contributed by atoms with E-state index in [1.807, 2.05) is 30.3 Å². The summed E-state index contributed by atoms with van der Waals surface area (Å²) in [4.78, 5) is 26.3. The second-order valence-corrected chi connectivity index (χ2v) is 9.87. The van der Waals surface area contributed by atoms with E-state index in [0.29, 0.717) is 11.6 Å². The Hall–Kier alpha value is -3.04. The Kier molecular flexibility index (Phi) is 8.09. The lowest BCUT2D eigenvalue weighted by Crippen LogP contribution is -2.61. The SMILES string of the molecule is O=C(/C=C(/c1cc(Cl)c(Cl)c(Cl)c1)C(F)(F)F)c1ccc(C2(O)CN(C(=O)OCc3ccccc3)C2)cc1. The van der Waals surface area contributed by atoms with Gasteiger partial charge in [0.05, 0.1) is 33.7 Å². The van der Waals surface area contributed by atoms with E-state index in [2.05, 4.69) is 0 Å². The number of nitrogens with zero attached hydrogens (tertiary/aromatic N) is 1.